The quantitative estimate of drug-likeness (QED) is 0.527. The van der Waals surface area contributed by atoms with Crippen LogP contribution in [-0.2, 0) is 16.8 Å². The van der Waals surface area contributed by atoms with Crippen molar-refractivity contribution in [3.63, 3.8) is 0 Å². The zero-order valence-corrected chi connectivity index (χ0v) is 17.4. The Bertz CT molecular complexity index is 1050. The van der Waals surface area contributed by atoms with Crippen LogP contribution in [0.4, 0.5) is 0 Å². The lowest BCUT2D eigenvalue weighted by molar-refractivity contribution is -0.132. The first-order valence-corrected chi connectivity index (χ1v) is 9.87. The first-order chi connectivity index (χ1) is 14.1. The van der Waals surface area contributed by atoms with Crippen LogP contribution in [0.5, 0.6) is 5.75 Å². The lowest BCUT2D eigenvalue weighted by Crippen LogP contribution is -2.36. The Hall–Kier alpha value is -3.00. The van der Waals surface area contributed by atoms with Crippen molar-refractivity contribution in [1.29, 1.82) is 0 Å². The standard InChI is InChI=1S/C21H19BrN4O3/c1-3-21(19-25-24-18(29-19)17-16(22)5-4-11-23-17)10-12-26(20(21)27)13-14-6-8-15(28-2)9-7-14/h3-9,11H,1,10,12-13H2,2H3/t21-/m0/s1. The highest BCUT2D eigenvalue weighted by Gasteiger charge is 2.50. The Morgan fingerprint density at radius 3 is 2.79 bits per heavy atom. The second-order valence-corrected chi connectivity index (χ2v) is 7.60. The second kappa shape index (κ2) is 7.79. The smallest absolute Gasteiger partial charge is 0.267 e. The number of carbonyl (C=O) groups is 1. The third-order valence-electron chi connectivity index (χ3n) is 5.09. The van der Waals surface area contributed by atoms with Gasteiger partial charge in [0.1, 0.15) is 16.9 Å². The molecule has 1 fully saturated rings. The lowest BCUT2D eigenvalue weighted by Gasteiger charge is -2.21. The van der Waals surface area contributed by atoms with Crippen molar-refractivity contribution in [1.82, 2.24) is 20.1 Å². The predicted molar refractivity (Wildman–Crippen MR) is 110 cm³/mol. The number of amides is 1. The number of halogens is 1. The van der Waals surface area contributed by atoms with E-state index < -0.39 is 5.41 Å². The van der Waals surface area contributed by atoms with Crippen molar-refractivity contribution in [2.75, 3.05) is 13.7 Å². The van der Waals surface area contributed by atoms with Crippen LogP contribution in [0, 0.1) is 0 Å². The van der Waals surface area contributed by atoms with Gasteiger partial charge >= 0.3 is 0 Å². The van der Waals surface area contributed by atoms with E-state index in [1.165, 1.54) is 0 Å². The van der Waals surface area contributed by atoms with Gasteiger partial charge in [0.2, 0.25) is 11.8 Å². The molecule has 8 heteroatoms. The fourth-order valence-corrected chi connectivity index (χ4v) is 3.85. The number of pyridine rings is 1. The normalized spacial score (nSPS) is 18.8. The van der Waals surface area contributed by atoms with E-state index in [2.05, 4.69) is 37.7 Å². The SMILES string of the molecule is C=C[C@@]1(c2nnc(-c3ncccc3Br)o2)CCN(Cc2ccc(OC)cc2)C1=O. The zero-order valence-electron chi connectivity index (χ0n) is 15.8. The molecule has 29 heavy (non-hydrogen) atoms. The largest absolute Gasteiger partial charge is 0.497 e. The first kappa shape index (κ1) is 19.3. The van der Waals surface area contributed by atoms with Crippen LogP contribution in [0.2, 0.25) is 0 Å². The van der Waals surface area contributed by atoms with E-state index in [9.17, 15) is 4.79 Å². The summed E-state index contributed by atoms with van der Waals surface area (Å²) in [5.41, 5.74) is 0.521. The minimum absolute atomic E-state index is 0.0985. The van der Waals surface area contributed by atoms with E-state index >= 15 is 0 Å². The molecule has 148 valence electrons. The molecule has 7 nitrogen and oxygen atoms in total. The molecule has 1 aliphatic heterocycles. The molecule has 0 spiro atoms. The summed E-state index contributed by atoms with van der Waals surface area (Å²) in [7, 11) is 1.62. The zero-order chi connectivity index (χ0) is 20.4. The van der Waals surface area contributed by atoms with Gasteiger partial charge in [0.25, 0.3) is 5.89 Å². The summed E-state index contributed by atoms with van der Waals surface area (Å²) in [6, 6.07) is 11.3. The highest BCUT2D eigenvalue weighted by molar-refractivity contribution is 9.10. The van der Waals surface area contributed by atoms with Gasteiger partial charge in [-0.05, 0) is 52.2 Å². The third kappa shape index (κ3) is 3.44. The van der Waals surface area contributed by atoms with Gasteiger partial charge in [-0.25, -0.2) is 4.98 Å². The molecule has 4 rings (SSSR count). The van der Waals surface area contributed by atoms with E-state index in [0.29, 0.717) is 25.2 Å². The van der Waals surface area contributed by atoms with Crippen molar-refractivity contribution in [3.05, 3.63) is 71.2 Å². The van der Waals surface area contributed by atoms with Crippen LogP contribution < -0.4 is 4.74 Å². The van der Waals surface area contributed by atoms with Crippen molar-refractivity contribution in [2.45, 2.75) is 18.4 Å². The van der Waals surface area contributed by atoms with Gasteiger partial charge in [-0.2, -0.15) is 0 Å². The maximum Gasteiger partial charge on any atom is 0.267 e. The molecule has 1 aliphatic rings. The molecule has 0 bridgehead atoms. The fourth-order valence-electron chi connectivity index (χ4n) is 3.42. The summed E-state index contributed by atoms with van der Waals surface area (Å²) in [5.74, 6) is 1.18. The Morgan fingerprint density at radius 2 is 2.10 bits per heavy atom. The Kier molecular flexibility index (Phi) is 5.19. The van der Waals surface area contributed by atoms with Gasteiger partial charge in [0, 0.05) is 23.8 Å². The number of hydrogen-bond acceptors (Lipinski definition) is 6. The second-order valence-electron chi connectivity index (χ2n) is 6.75. The molecule has 0 unspecified atom stereocenters. The van der Waals surface area contributed by atoms with Gasteiger partial charge < -0.3 is 14.1 Å². The Balaban J connectivity index is 1.59. The molecular formula is C21H19BrN4O3. The number of likely N-dealkylation sites (tertiary alicyclic amines) is 1. The maximum atomic E-state index is 13.3. The molecule has 0 aliphatic carbocycles. The summed E-state index contributed by atoms with van der Waals surface area (Å²) in [6.45, 7) is 4.95. The average Bonchev–Trinajstić information content (AvgIpc) is 3.35. The minimum Gasteiger partial charge on any atom is -0.497 e. The van der Waals surface area contributed by atoms with E-state index in [4.69, 9.17) is 9.15 Å². The molecule has 0 radical (unpaired) electrons. The molecule has 1 saturated heterocycles. The molecule has 0 N–H and O–H groups in total. The van der Waals surface area contributed by atoms with Crippen LogP contribution in [0.25, 0.3) is 11.6 Å². The van der Waals surface area contributed by atoms with E-state index in [1.807, 2.05) is 30.3 Å². The lowest BCUT2D eigenvalue weighted by atomic mass is 9.86. The van der Waals surface area contributed by atoms with Crippen LogP contribution in [0.1, 0.15) is 17.9 Å². The van der Waals surface area contributed by atoms with Crippen LogP contribution in [0.15, 0.2) is 64.1 Å². The molecular weight excluding hydrogens is 436 g/mol. The van der Waals surface area contributed by atoms with Gasteiger partial charge in [-0.1, -0.05) is 18.2 Å². The molecule has 1 aromatic carbocycles. The highest BCUT2D eigenvalue weighted by Crippen LogP contribution is 2.38. The van der Waals surface area contributed by atoms with Gasteiger partial charge in [0.15, 0.2) is 0 Å². The molecule has 2 aromatic heterocycles. The number of rotatable bonds is 6. The van der Waals surface area contributed by atoms with Crippen LogP contribution in [-0.4, -0.2) is 39.6 Å². The third-order valence-corrected chi connectivity index (χ3v) is 5.73. The highest BCUT2D eigenvalue weighted by atomic mass is 79.9. The number of carbonyl (C=O) groups excluding carboxylic acids is 1. The number of methoxy groups -OCH3 is 1. The van der Waals surface area contributed by atoms with Gasteiger partial charge in [0.05, 0.1) is 7.11 Å². The number of benzene rings is 1. The number of ether oxygens (including phenoxy) is 1. The summed E-state index contributed by atoms with van der Waals surface area (Å²) in [5, 5.41) is 8.27. The Morgan fingerprint density at radius 1 is 1.31 bits per heavy atom. The molecule has 3 heterocycles. The summed E-state index contributed by atoms with van der Waals surface area (Å²) in [6.07, 6.45) is 3.77. The number of hydrogen-bond donors (Lipinski definition) is 0. The predicted octanol–water partition coefficient (Wildman–Crippen LogP) is 3.76. The minimum atomic E-state index is -1.03. The van der Waals surface area contributed by atoms with E-state index in [0.717, 1.165) is 15.8 Å². The van der Waals surface area contributed by atoms with E-state index in [1.54, 1.807) is 30.3 Å². The first-order valence-electron chi connectivity index (χ1n) is 9.08. The molecule has 1 amide bonds. The monoisotopic (exact) mass is 454 g/mol. The van der Waals surface area contributed by atoms with Crippen LogP contribution >= 0.6 is 15.9 Å². The number of nitrogens with zero attached hydrogens (tertiary/aromatic N) is 4. The van der Waals surface area contributed by atoms with Crippen LogP contribution in [0.3, 0.4) is 0 Å². The summed E-state index contributed by atoms with van der Waals surface area (Å²) in [4.78, 5) is 19.3. The van der Waals surface area contributed by atoms with Gasteiger partial charge in [-0.15, -0.1) is 16.8 Å². The van der Waals surface area contributed by atoms with E-state index in [-0.39, 0.29) is 17.7 Å². The Labute approximate surface area is 176 Å². The molecule has 3 aromatic rings. The molecule has 0 saturated carbocycles. The van der Waals surface area contributed by atoms with Crippen molar-refractivity contribution in [3.8, 4) is 17.3 Å². The fraction of sp³-hybridized carbons (Fsp3) is 0.238. The van der Waals surface area contributed by atoms with Crippen molar-refractivity contribution >= 4 is 21.8 Å². The average molecular weight is 455 g/mol. The van der Waals surface area contributed by atoms with Crippen molar-refractivity contribution < 1.29 is 13.9 Å². The van der Waals surface area contributed by atoms with Crippen molar-refractivity contribution in [2.24, 2.45) is 0 Å². The van der Waals surface area contributed by atoms with Gasteiger partial charge in [-0.3, -0.25) is 4.79 Å². The number of aromatic nitrogens is 3. The molecule has 1 atom stereocenters. The summed E-state index contributed by atoms with van der Waals surface area (Å²) >= 11 is 3.43. The maximum absolute atomic E-state index is 13.3. The summed E-state index contributed by atoms with van der Waals surface area (Å²) < 4.78 is 11.8. The topological polar surface area (TPSA) is 81.3 Å².